The number of ether oxygens (including phenoxy) is 1. The molecule has 2 aromatic rings. The topological polar surface area (TPSA) is 82.4 Å². The van der Waals surface area contributed by atoms with Crippen LogP contribution >= 0.6 is 11.3 Å². The number of likely N-dealkylation sites (tertiary alicyclic amines) is 1. The number of nitriles is 1. The number of amides is 1. The smallest absolute Gasteiger partial charge is 0.341 e. The molecule has 1 aliphatic heterocycles. The van der Waals surface area contributed by atoms with Gasteiger partial charge in [0, 0.05) is 30.5 Å². The van der Waals surface area contributed by atoms with Crippen molar-refractivity contribution in [1.82, 2.24) is 4.90 Å². The van der Waals surface area contributed by atoms with Crippen LogP contribution in [0.4, 0.5) is 5.00 Å². The molecule has 1 N–H and O–H groups in total. The van der Waals surface area contributed by atoms with Crippen molar-refractivity contribution in [2.24, 2.45) is 5.92 Å². The molecule has 1 saturated heterocycles. The summed E-state index contributed by atoms with van der Waals surface area (Å²) in [5.74, 6) is -0.663. The maximum Gasteiger partial charge on any atom is 0.341 e. The summed E-state index contributed by atoms with van der Waals surface area (Å²) in [6.45, 7) is 8.33. The fraction of sp³-hybridized carbons (Fsp3) is 0.458. The number of hydrogen-bond acceptors (Lipinski definition) is 6. The molecule has 1 aliphatic rings. The Morgan fingerprint density at radius 2 is 2.13 bits per heavy atom. The fourth-order valence-corrected chi connectivity index (χ4v) is 5.02. The number of piperidine rings is 1. The number of esters is 1. The standard InChI is InChI=1S/C24H29N3O3S/c1-4-30-24(29)21-20(19-9-8-16(2)13-17(19)3)15-31-23(21)26-22(28)18-7-5-11-27(14-18)12-6-10-25/h8-9,13,15,18H,4-7,11-12,14H2,1-3H3,(H,26,28). The van der Waals surface area contributed by atoms with Crippen molar-refractivity contribution in [1.29, 1.82) is 5.26 Å². The van der Waals surface area contributed by atoms with Crippen molar-refractivity contribution in [2.45, 2.75) is 40.0 Å². The van der Waals surface area contributed by atoms with Crippen molar-refractivity contribution >= 4 is 28.2 Å². The van der Waals surface area contributed by atoms with E-state index < -0.39 is 5.97 Å². The Balaban J connectivity index is 1.85. The Bertz CT molecular complexity index is 992. The third-order valence-electron chi connectivity index (χ3n) is 5.60. The van der Waals surface area contributed by atoms with E-state index in [1.54, 1.807) is 6.92 Å². The van der Waals surface area contributed by atoms with Crippen LogP contribution in [0.3, 0.4) is 0 Å². The van der Waals surface area contributed by atoms with Crippen LogP contribution in [0.1, 0.15) is 47.7 Å². The van der Waals surface area contributed by atoms with Gasteiger partial charge in [-0.3, -0.25) is 4.79 Å². The van der Waals surface area contributed by atoms with Gasteiger partial charge in [-0.25, -0.2) is 4.79 Å². The van der Waals surface area contributed by atoms with Gasteiger partial charge >= 0.3 is 5.97 Å². The van der Waals surface area contributed by atoms with Crippen LogP contribution in [0.2, 0.25) is 0 Å². The van der Waals surface area contributed by atoms with Crippen molar-refractivity contribution in [2.75, 3.05) is 31.6 Å². The Labute approximate surface area is 187 Å². The van der Waals surface area contributed by atoms with E-state index in [4.69, 9.17) is 10.00 Å². The molecule has 2 heterocycles. The average molecular weight is 440 g/mol. The molecule has 31 heavy (non-hydrogen) atoms. The molecule has 1 fully saturated rings. The largest absolute Gasteiger partial charge is 0.462 e. The summed E-state index contributed by atoms with van der Waals surface area (Å²) < 4.78 is 5.32. The highest BCUT2D eigenvalue weighted by atomic mass is 32.1. The zero-order chi connectivity index (χ0) is 22.4. The first kappa shape index (κ1) is 23.0. The van der Waals surface area contributed by atoms with Crippen LogP contribution in [-0.4, -0.2) is 43.0 Å². The van der Waals surface area contributed by atoms with E-state index in [1.807, 2.05) is 31.4 Å². The van der Waals surface area contributed by atoms with Gasteiger partial charge in [-0.1, -0.05) is 23.8 Å². The second-order valence-electron chi connectivity index (χ2n) is 7.93. The number of nitrogens with one attached hydrogen (secondary N) is 1. The molecule has 3 rings (SSSR count). The fourth-order valence-electron chi connectivity index (χ4n) is 4.06. The van der Waals surface area contributed by atoms with Gasteiger partial charge in [-0.2, -0.15) is 5.26 Å². The highest BCUT2D eigenvalue weighted by Gasteiger charge is 2.29. The molecular formula is C24H29N3O3S. The molecule has 7 heteroatoms. The number of carbonyl (C=O) groups is 2. The summed E-state index contributed by atoms with van der Waals surface area (Å²) in [5.41, 5.74) is 4.40. The Hall–Kier alpha value is -2.69. The monoisotopic (exact) mass is 439 g/mol. The van der Waals surface area contributed by atoms with Gasteiger partial charge in [0.05, 0.1) is 18.6 Å². The van der Waals surface area contributed by atoms with E-state index >= 15 is 0 Å². The number of benzene rings is 1. The van der Waals surface area contributed by atoms with Crippen molar-refractivity contribution in [3.8, 4) is 17.2 Å². The van der Waals surface area contributed by atoms with Crippen molar-refractivity contribution in [3.63, 3.8) is 0 Å². The molecule has 0 spiro atoms. The maximum atomic E-state index is 13.0. The second kappa shape index (κ2) is 10.6. The quantitative estimate of drug-likeness (QED) is 0.628. The number of hydrogen-bond donors (Lipinski definition) is 1. The molecule has 0 bridgehead atoms. The minimum Gasteiger partial charge on any atom is -0.462 e. The predicted octanol–water partition coefficient (Wildman–Crippen LogP) is 4.77. The number of carbonyl (C=O) groups excluding carboxylic acids is 2. The lowest BCUT2D eigenvalue weighted by molar-refractivity contribution is -0.121. The molecule has 6 nitrogen and oxygen atoms in total. The third kappa shape index (κ3) is 5.52. The van der Waals surface area contributed by atoms with E-state index in [1.165, 1.54) is 11.3 Å². The molecule has 1 unspecified atom stereocenters. The summed E-state index contributed by atoms with van der Waals surface area (Å²) in [6, 6.07) is 8.27. The molecular weight excluding hydrogens is 410 g/mol. The Morgan fingerprint density at radius 1 is 1.32 bits per heavy atom. The third-order valence-corrected chi connectivity index (χ3v) is 6.49. The van der Waals surface area contributed by atoms with Crippen molar-refractivity contribution < 1.29 is 14.3 Å². The number of nitrogens with zero attached hydrogens (tertiary/aromatic N) is 2. The molecule has 1 aromatic carbocycles. The van der Waals surface area contributed by atoms with E-state index in [0.717, 1.165) is 41.6 Å². The van der Waals surface area contributed by atoms with Gasteiger partial charge in [0.1, 0.15) is 10.6 Å². The normalized spacial score (nSPS) is 16.5. The molecule has 1 aromatic heterocycles. The summed E-state index contributed by atoms with van der Waals surface area (Å²) in [5, 5.41) is 14.3. The summed E-state index contributed by atoms with van der Waals surface area (Å²) in [7, 11) is 0. The lowest BCUT2D eigenvalue weighted by atomic mass is 9.96. The van der Waals surface area contributed by atoms with Crippen molar-refractivity contribution in [3.05, 3.63) is 40.3 Å². The Kier molecular flexibility index (Phi) is 7.83. The van der Waals surface area contributed by atoms with Gasteiger partial charge in [-0.15, -0.1) is 11.3 Å². The van der Waals surface area contributed by atoms with E-state index in [0.29, 0.717) is 30.1 Å². The summed E-state index contributed by atoms with van der Waals surface area (Å²) in [6.07, 6.45) is 2.19. The number of anilines is 1. The Morgan fingerprint density at radius 3 is 2.84 bits per heavy atom. The lowest BCUT2D eigenvalue weighted by Crippen LogP contribution is -2.41. The second-order valence-corrected chi connectivity index (χ2v) is 8.81. The number of thiophene rings is 1. The van der Waals surface area contributed by atoms with E-state index in [9.17, 15) is 9.59 Å². The molecule has 164 valence electrons. The number of aryl methyl sites for hydroxylation is 2. The molecule has 0 saturated carbocycles. The van der Waals surface area contributed by atoms with Crippen LogP contribution in [0.5, 0.6) is 0 Å². The first-order chi connectivity index (χ1) is 14.9. The van der Waals surface area contributed by atoms with E-state index in [2.05, 4.69) is 22.4 Å². The SMILES string of the molecule is CCOC(=O)c1c(-c2ccc(C)cc2C)csc1NC(=O)C1CCCN(CCC#N)C1. The van der Waals surface area contributed by atoms with Crippen LogP contribution in [0.15, 0.2) is 23.6 Å². The van der Waals surface area contributed by atoms with Gasteiger partial charge in [0.25, 0.3) is 0 Å². The minimum absolute atomic E-state index is 0.0822. The first-order valence-electron chi connectivity index (χ1n) is 10.7. The van der Waals surface area contributed by atoms with Crippen LogP contribution in [-0.2, 0) is 9.53 Å². The van der Waals surface area contributed by atoms with Crippen LogP contribution in [0.25, 0.3) is 11.1 Å². The average Bonchev–Trinajstić information content (AvgIpc) is 3.15. The number of rotatable bonds is 7. The van der Waals surface area contributed by atoms with Gasteiger partial charge in [-0.05, 0) is 51.3 Å². The summed E-state index contributed by atoms with van der Waals surface area (Å²) in [4.78, 5) is 28.0. The summed E-state index contributed by atoms with van der Waals surface area (Å²) >= 11 is 1.36. The van der Waals surface area contributed by atoms with Gasteiger partial charge < -0.3 is 15.0 Å². The van der Waals surface area contributed by atoms with Gasteiger partial charge in [0.2, 0.25) is 5.91 Å². The zero-order valence-electron chi connectivity index (χ0n) is 18.4. The molecule has 0 radical (unpaired) electrons. The zero-order valence-corrected chi connectivity index (χ0v) is 19.2. The lowest BCUT2D eigenvalue weighted by Gasteiger charge is -2.31. The molecule has 1 amide bonds. The predicted molar refractivity (Wildman–Crippen MR) is 123 cm³/mol. The minimum atomic E-state index is -0.423. The highest BCUT2D eigenvalue weighted by molar-refractivity contribution is 7.15. The molecule has 0 aliphatic carbocycles. The first-order valence-corrected chi connectivity index (χ1v) is 11.6. The maximum absolute atomic E-state index is 13.0. The highest BCUT2D eigenvalue weighted by Crippen LogP contribution is 2.38. The molecule has 1 atom stereocenters. The van der Waals surface area contributed by atoms with Gasteiger partial charge in [0.15, 0.2) is 0 Å². The van der Waals surface area contributed by atoms with Crippen LogP contribution < -0.4 is 5.32 Å². The van der Waals surface area contributed by atoms with E-state index in [-0.39, 0.29) is 18.4 Å². The van der Waals surface area contributed by atoms with Crippen LogP contribution in [0, 0.1) is 31.1 Å².